The molecule has 3 aromatic rings. The van der Waals surface area contributed by atoms with Crippen LogP contribution in [-0.4, -0.2) is 49.4 Å². The maximum atomic E-state index is 12.4. The van der Waals surface area contributed by atoms with Crippen molar-refractivity contribution in [2.45, 2.75) is 19.9 Å². The number of aromatic nitrogens is 4. The van der Waals surface area contributed by atoms with Crippen LogP contribution >= 0.6 is 0 Å². The molecule has 10 heteroatoms. The van der Waals surface area contributed by atoms with E-state index in [1.54, 1.807) is 29.2 Å². The molecule has 1 aromatic heterocycles. The van der Waals surface area contributed by atoms with Crippen LogP contribution in [0.2, 0.25) is 0 Å². The molecule has 1 fully saturated rings. The Morgan fingerprint density at radius 3 is 2.48 bits per heavy atom. The lowest BCUT2D eigenvalue weighted by Gasteiger charge is -2.17. The third-order valence-corrected chi connectivity index (χ3v) is 5.12. The minimum Gasteiger partial charge on any atom is -0.338 e. The van der Waals surface area contributed by atoms with Crippen molar-refractivity contribution in [2.75, 3.05) is 6.54 Å². The normalized spacial score (nSPS) is 15.7. The summed E-state index contributed by atoms with van der Waals surface area (Å²) in [4.78, 5) is 38.7. The Hall–Kier alpha value is -4.08. The molecule has 0 saturated carbocycles. The van der Waals surface area contributed by atoms with Gasteiger partial charge in [-0.2, -0.15) is 0 Å². The lowest BCUT2D eigenvalue weighted by atomic mass is 10.1. The van der Waals surface area contributed by atoms with Gasteiger partial charge in [-0.15, -0.1) is 5.10 Å². The van der Waals surface area contributed by atoms with Crippen LogP contribution in [0.3, 0.4) is 0 Å². The zero-order valence-electron chi connectivity index (χ0n) is 16.9. The van der Waals surface area contributed by atoms with Gasteiger partial charge in [-0.25, -0.2) is 4.68 Å². The second-order valence-electron chi connectivity index (χ2n) is 7.41. The summed E-state index contributed by atoms with van der Waals surface area (Å²) in [7, 11) is 0. The van der Waals surface area contributed by atoms with Gasteiger partial charge in [-0.1, -0.05) is 29.8 Å². The highest BCUT2D eigenvalue weighted by molar-refractivity contribution is 5.96. The number of likely N-dealkylation sites (tertiary alicyclic amines) is 1. The zero-order chi connectivity index (χ0) is 21.8. The quantitative estimate of drug-likeness (QED) is 0.590. The Balaban J connectivity index is 1.29. The third kappa shape index (κ3) is 4.74. The summed E-state index contributed by atoms with van der Waals surface area (Å²) < 4.78 is 1.46. The average molecular weight is 419 g/mol. The van der Waals surface area contributed by atoms with Crippen molar-refractivity contribution < 1.29 is 14.4 Å². The van der Waals surface area contributed by atoms with Crippen molar-refractivity contribution in [3.05, 3.63) is 71.5 Å². The molecule has 1 atom stereocenters. The van der Waals surface area contributed by atoms with Gasteiger partial charge in [0, 0.05) is 25.1 Å². The van der Waals surface area contributed by atoms with Gasteiger partial charge in [-0.05, 0) is 47.2 Å². The second kappa shape index (κ2) is 8.74. The van der Waals surface area contributed by atoms with E-state index >= 15 is 0 Å². The van der Waals surface area contributed by atoms with Gasteiger partial charge >= 0.3 is 0 Å². The zero-order valence-corrected chi connectivity index (χ0v) is 16.9. The number of tetrazole rings is 1. The van der Waals surface area contributed by atoms with Crippen LogP contribution < -0.4 is 10.9 Å². The van der Waals surface area contributed by atoms with E-state index in [0.717, 1.165) is 11.1 Å². The molecule has 10 nitrogen and oxygen atoms in total. The molecule has 0 radical (unpaired) electrons. The summed E-state index contributed by atoms with van der Waals surface area (Å²) in [5.41, 5.74) is 8.04. The molecule has 1 saturated heterocycles. The summed E-state index contributed by atoms with van der Waals surface area (Å²) in [5, 5.41) is 10.9. The van der Waals surface area contributed by atoms with Crippen LogP contribution in [-0.2, 0) is 16.1 Å². The summed E-state index contributed by atoms with van der Waals surface area (Å²) in [6.07, 6.45) is 1.56. The monoisotopic (exact) mass is 419 g/mol. The fourth-order valence-electron chi connectivity index (χ4n) is 3.35. The Morgan fingerprint density at radius 2 is 1.81 bits per heavy atom. The van der Waals surface area contributed by atoms with Gasteiger partial charge in [0.15, 0.2) is 0 Å². The maximum Gasteiger partial charge on any atom is 0.269 e. The standard InChI is InChI=1S/C21H21N7O3/c1-14-2-4-15(5-3-14)11-27-12-17(10-19(27)29)21(31)24-23-20(30)16-6-8-18(9-7-16)28-13-22-25-26-28/h2-9,13,17H,10-12H2,1H3,(H,23,30)(H,24,31)/t17-/m1/s1. The van der Waals surface area contributed by atoms with Gasteiger partial charge in [0.1, 0.15) is 6.33 Å². The number of hydrogen-bond donors (Lipinski definition) is 2. The van der Waals surface area contributed by atoms with E-state index < -0.39 is 17.7 Å². The van der Waals surface area contributed by atoms with Crippen LogP contribution in [0.1, 0.15) is 27.9 Å². The van der Waals surface area contributed by atoms with E-state index in [4.69, 9.17) is 0 Å². The number of carbonyl (C=O) groups is 3. The van der Waals surface area contributed by atoms with E-state index in [1.165, 1.54) is 11.0 Å². The minimum atomic E-state index is -0.513. The highest BCUT2D eigenvalue weighted by atomic mass is 16.2. The lowest BCUT2D eigenvalue weighted by molar-refractivity contribution is -0.129. The van der Waals surface area contributed by atoms with Crippen LogP contribution in [0.15, 0.2) is 54.9 Å². The van der Waals surface area contributed by atoms with Gasteiger partial charge in [-0.3, -0.25) is 25.2 Å². The molecule has 2 aromatic carbocycles. The SMILES string of the molecule is Cc1ccc(CN2C[C@H](C(=O)NNC(=O)c3ccc(-n4cnnn4)cc3)CC2=O)cc1. The fraction of sp³-hybridized carbons (Fsp3) is 0.238. The first kappa shape index (κ1) is 20.2. The van der Waals surface area contributed by atoms with Crippen LogP contribution in [0.4, 0.5) is 0 Å². The van der Waals surface area contributed by atoms with Crippen LogP contribution in [0, 0.1) is 12.8 Å². The highest BCUT2D eigenvalue weighted by Crippen LogP contribution is 2.20. The van der Waals surface area contributed by atoms with Crippen LogP contribution in [0.25, 0.3) is 5.69 Å². The summed E-state index contributed by atoms with van der Waals surface area (Å²) in [5.74, 6) is -1.44. The van der Waals surface area contributed by atoms with E-state index in [0.29, 0.717) is 24.3 Å². The Morgan fingerprint density at radius 1 is 1.06 bits per heavy atom. The van der Waals surface area contributed by atoms with Crippen molar-refractivity contribution in [1.29, 1.82) is 0 Å². The molecule has 3 amide bonds. The predicted molar refractivity (Wildman–Crippen MR) is 109 cm³/mol. The molecule has 0 spiro atoms. The molecule has 1 aliphatic rings. The Labute approximate surface area is 178 Å². The van der Waals surface area contributed by atoms with Gasteiger partial charge in [0.05, 0.1) is 11.6 Å². The van der Waals surface area contributed by atoms with Gasteiger partial charge in [0.25, 0.3) is 5.91 Å². The highest BCUT2D eigenvalue weighted by Gasteiger charge is 2.34. The average Bonchev–Trinajstić information content (AvgIpc) is 3.44. The number of amides is 3. The fourth-order valence-corrected chi connectivity index (χ4v) is 3.35. The number of rotatable bonds is 5. The van der Waals surface area contributed by atoms with Gasteiger partial charge in [0.2, 0.25) is 11.8 Å². The van der Waals surface area contributed by atoms with E-state index in [9.17, 15) is 14.4 Å². The van der Waals surface area contributed by atoms with Crippen molar-refractivity contribution in [3.8, 4) is 5.69 Å². The van der Waals surface area contributed by atoms with Crippen molar-refractivity contribution in [2.24, 2.45) is 5.92 Å². The van der Waals surface area contributed by atoms with Crippen molar-refractivity contribution in [1.82, 2.24) is 36.0 Å². The molecular formula is C21H21N7O3. The summed E-state index contributed by atoms with van der Waals surface area (Å²) in [6, 6.07) is 14.5. The number of nitrogens with one attached hydrogen (secondary N) is 2. The topological polar surface area (TPSA) is 122 Å². The number of hydrogen-bond acceptors (Lipinski definition) is 6. The molecule has 0 aliphatic carbocycles. The van der Waals surface area contributed by atoms with E-state index in [2.05, 4.69) is 26.4 Å². The summed E-state index contributed by atoms with van der Waals surface area (Å²) in [6.45, 7) is 2.78. The van der Waals surface area contributed by atoms with Gasteiger partial charge < -0.3 is 4.90 Å². The largest absolute Gasteiger partial charge is 0.338 e. The summed E-state index contributed by atoms with van der Waals surface area (Å²) >= 11 is 0. The number of nitrogens with zero attached hydrogens (tertiary/aromatic N) is 5. The molecule has 1 aliphatic heterocycles. The second-order valence-corrected chi connectivity index (χ2v) is 7.41. The minimum absolute atomic E-state index is 0.0785. The number of carbonyl (C=O) groups excluding carboxylic acids is 3. The van der Waals surface area contributed by atoms with Crippen molar-refractivity contribution in [3.63, 3.8) is 0 Å². The Bertz CT molecular complexity index is 1080. The molecular weight excluding hydrogens is 398 g/mol. The molecule has 0 bridgehead atoms. The first-order valence-corrected chi connectivity index (χ1v) is 9.76. The first-order valence-electron chi connectivity index (χ1n) is 9.76. The van der Waals surface area contributed by atoms with Crippen molar-refractivity contribution >= 4 is 17.7 Å². The van der Waals surface area contributed by atoms with E-state index in [1.807, 2.05) is 31.2 Å². The van der Waals surface area contributed by atoms with E-state index in [-0.39, 0.29) is 12.3 Å². The Kier molecular flexibility index (Phi) is 5.69. The smallest absolute Gasteiger partial charge is 0.269 e. The first-order chi connectivity index (χ1) is 15.0. The third-order valence-electron chi connectivity index (χ3n) is 5.12. The number of aryl methyl sites for hydroxylation is 1. The number of hydrazine groups is 1. The molecule has 4 rings (SSSR count). The molecule has 31 heavy (non-hydrogen) atoms. The predicted octanol–water partition coefficient (Wildman–Crippen LogP) is 0.780. The molecule has 0 unspecified atom stereocenters. The lowest BCUT2D eigenvalue weighted by Crippen LogP contribution is -2.45. The molecule has 158 valence electrons. The maximum absolute atomic E-state index is 12.4. The molecule has 2 heterocycles. The molecule has 2 N–H and O–H groups in total. The number of benzene rings is 2. The van der Waals surface area contributed by atoms with Crippen LogP contribution in [0.5, 0.6) is 0 Å².